The molecule has 0 N–H and O–H groups in total. The van der Waals surface area contributed by atoms with Crippen LogP contribution in [0.2, 0.25) is 0 Å². The van der Waals surface area contributed by atoms with Gasteiger partial charge < -0.3 is 0 Å². The van der Waals surface area contributed by atoms with Gasteiger partial charge >= 0.3 is 0 Å². The molecule has 0 atom stereocenters. The first kappa shape index (κ1) is 31.6. The molecule has 0 fully saturated rings. The van der Waals surface area contributed by atoms with Crippen molar-refractivity contribution in [1.29, 1.82) is 0 Å². The molecule has 0 aliphatic carbocycles. The van der Waals surface area contributed by atoms with Crippen LogP contribution in [0.15, 0.2) is 145 Å². The molecular formula is C32H34O4P2S2. The topological polar surface area (TPSA) is 68.3 Å². The smallest absolute Gasteiger partial charge is 0.191 e. The van der Waals surface area contributed by atoms with Crippen LogP contribution in [0.4, 0.5) is 0 Å². The fourth-order valence-corrected chi connectivity index (χ4v) is 11.7. The number of benzene rings is 4. The van der Waals surface area contributed by atoms with Crippen molar-refractivity contribution in [2.75, 3.05) is 23.8 Å². The first-order valence-electron chi connectivity index (χ1n) is 12.7. The van der Waals surface area contributed by atoms with Gasteiger partial charge in [-0.25, -0.2) is 16.8 Å². The van der Waals surface area contributed by atoms with Gasteiger partial charge in [-0.2, -0.15) is 0 Å². The van der Waals surface area contributed by atoms with E-state index < -0.39 is 35.5 Å². The van der Waals surface area contributed by atoms with Crippen molar-refractivity contribution in [1.82, 2.24) is 0 Å². The van der Waals surface area contributed by atoms with Crippen LogP contribution in [-0.2, 0) is 19.7 Å². The molecule has 0 bridgehead atoms. The quantitative estimate of drug-likeness (QED) is 0.203. The highest BCUT2D eigenvalue weighted by atomic mass is 32.2. The Morgan fingerprint density at radius 2 is 0.725 bits per heavy atom. The summed E-state index contributed by atoms with van der Waals surface area (Å²) in [7, 11) is -7.71. The van der Waals surface area contributed by atoms with E-state index in [0.29, 0.717) is 12.3 Å². The number of hydrogen-bond donors (Lipinski definition) is 0. The Bertz CT molecular complexity index is 1360. The number of rotatable bonds is 12. The molecule has 40 heavy (non-hydrogen) atoms. The van der Waals surface area contributed by atoms with E-state index in [2.05, 4.69) is 61.7 Å². The highest BCUT2D eigenvalue weighted by Crippen LogP contribution is 2.35. The summed E-state index contributed by atoms with van der Waals surface area (Å²) < 4.78 is 46.6. The van der Waals surface area contributed by atoms with Crippen LogP contribution in [0, 0.1) is 0 Å². The molecule has 4 aromatic carbocycles. The molecule has 208 valence electrons. The van der Waals surface area contributed by atoms with Crippen molar-refractivity contribution < 1.29 is 16.8 Å². The van der Waals surface area contributed by atoms with E-state index in [1.54, 1.807) is 0 Å². The van der Waals surface area contributed by atoms with Crippen molar-refractivity contribution in [2.24, 2.45) is 0 Å². The summed E-state index contributed by atoms with van der Waals surface area (Å²) in [4.78, 5) is 0. The molecule has 0 aromatic heterocycles. The Morgan fingerprint density at radius 1 is 0.475 bits per heavy atom. The Kier molecular flexibility index (Phi) is 12.5. The molecular weight excluding hydrogens is 574 g/mol. The molecule has 0 unspecified atom stereocenters. The van der Waals surface area contributed by atoms with Crippen LogP contribution in [0.25, 0.3) is 0 Å². The molecule has 0 spiro atoms. The standard InChI is InChI=1S/C28H28O2P2S.C4H6O2S/c29-33(30,23-21-31(25-13-5-1-6-14-25)26-15-7-2-8-16-26)24-22-32(27-17-9-3-10-18-27)28-19-11-4-12-20-28;1-3-7(5,6)4-2/h1-20H,21-24H2;3-4H,1-2H2. The normalized spacial score (nSPS) is 11.4. The summed E-state index contributed by atoms with van der Waals surface area (Å²) in [5.41, 5.74) is 0. The second-order valence-electron chi connectivity index (χ2n) is 8.72. The van der Waals surface area contributed by atoms with E-state index in [4.69, 9.17) is 0 Å². The van der Waals surface area contributed by atoms with E-state index in [9.17, 15) is 16.8 Å². The summed E-state index contributed by atoms with van der Waals surface area (Å²) in [5.74, 6) is 0.435. The maximum absolute atomic E-state index is 13.2. The third kappa shape index (κ3) is 10.3. The fraction of sp³-hybridized carbons (Fsp3) is 0.125. The lowest BCUT2D eigenvalue weighted by atomic mass is 10.4. The van der Waals surface area contributed by atoms with E-state index in [1.807, 2.05) is 72.8 Å². The van der Waals surface area contributed by atoms with Gasteiger partial charge in [-0.15, -0.1) is 0 Å². The average molecular weight is 609 g/mol. The first-order chi connectivity index (χ1) is 19.2. The maximum Gasteiger partial charge on any atom is 0.191 e. The Hall–Kier alpha value is -2.88. The Balaban J connectivity index is 0.000000559. The minimum atomic E-state index is -3.17. The predicted octanol–water partition coefficient (Wildman–Crippen LogP) is 5.36. The molecule has 4 nitrogen and oxygen atoms in total. The highest BCUT2D eigenvalue weighted by Gasteiger charge is 2.21. The van der Waals surface area contributed by atoms with Gasteiger partial charge in [0.1, 0.15) is 0 Å². The van der Waals surface area contributed by atoms with Gasteiger partial charge in [0.25, 0.3) is 0 Å². The Morgan fingerprint density at radius 3 is 0.925 bits per heavy atom. The second-order valence-corrected chi connectivity index (χ2v) is 17.5. The molecule has 4 rings (SSSR count). The maximum atomic E-state index is 13.2. The second kappa shape index (κ2) is 15.8. The van der Waals surface area contributed by atoms with Gasteiger partial charge in [-0.05, 0) is 49.4 Å². The molecule has 0 saturated heterocycles. The van der Waals surface area contributed by atoms with Gasteiger partial charge in [-0.3, -0.25) is 0 Å². The summed E-state index contributed by atoms with van der Waals surface area (Å²) in [6.45, 7) is 6.09. The van der Waals surface area contributed by atoms with Gasteiger partial charge in [0.15, 0.2) is 19.7 Å². The monoisotopic (exact) mass is 608 g/mol. The molecule has 0 aliphatic rings. The van der Waals surface area contributed by atoms with Crippen LogP contribution in [0.3, 0.4) is 0 Å². The average Bonchev–Trinajstić information content (AvgIpc) is 3.00. The van der Waals surface area contributed by atoms with Crippen LogP contribution in [0.5, 0.6) is 0 Å². The largest absolute Gasteiger partial charge is 0.229 e. The minimum Gasteiger partial charge on any atom is -0.229 e. The Labute approximate surface area is 241 Å². The molecule has 8 heteroatoms. The zero-order chi connectivity index (χ0) is 28.8. The summed E-state index contributed by atoms with van der Waals surface area (Å²) >= 11 is 0. The fourth-order valence-electron chi connectivity index (χ4n) is 3.88. The zero-order valence-electron chi connectivity index (χ0n) is 22.3. The van der Waals surface area contributed by atoms with E-state index in [1.165, 1.54) is 21.2 Å². The van der Waals surface area contributed by atoms with Gasteiger partial charge in [0.2, 0.25) is 0 Å². The van der Waals surface area contributed by atoms with E-state index in [-0.39, 0.29) is 11.5 Å². The van der Waals surface area contributed by atoms with Crippen molar-refractivity contribution in [3.05, 3.63) is 145 Å². The highest BCUT2D eigenvalue weighted by molar-refractivity contribution is 7.97. The van der Waals surface area contributed by atoms with Gasteiger partial charge in [0, 0.05) is 10.8 Å². The van der Waals surface area contributed by atoms with Crippen molar-refractivity contribution in [2.45, 2.75) is 0 Å². The molecule has 0 saturated carbocycles. The third-order valence-corrected chi connectivity index (χ3v) is 14.2. The molecule has 0 amide bonds. The zero-order valence-corrected chi connectivity index (χ0v) is 25.7. The molecule has 0 heterocycles. The van der Waals surface area contributed by atoms with Crippen molar-refractivity contribution in [3.63, 3.8) is 0 Å². The minimum absolute atomic E-state index is 0.218. The van der Waals surface area contributed by atoms with Crippen LogP contribution in [-0.4, -0.2) is 40.7 Å². The summed E-state index contributed by atoms with van der Waals surface area (Å²) in [6.07, 6.45) is 1.31. The third-order valence-electron chi connectivity index (χ3n) is 5.99. The summed E-state index contributed by atoms with van der Waals surface area (Å²) in [5, 5.41) is 6.60. The van der Waals surface area contributed by atoms with Crippen molar-refractivity contribution in [3.8, 4) is 0 Å². The van der Waals surface area contributed by atoms with Crippen molar-refractivity contribution >= 4 is 56.7 Å². The van der Waals surface area contributed by atoms with Crippen LogP contribution in [0.1, 0.15) is 0 Å². The SMILES string of the molecule is C=CS(=O)(=O)C=C.O=S(=O)(CCP(c1ccccc1)c1ccccc1)CCP(c1ccccc1)c1ccccc1. The number of hydrogen-bond acceptors (Lipinski definition) is 4. The number of sulfone groups is 2. The van der Waals surface area contributed by atoms with E-state index >= 15 is 0 Å². The van der Waals surface area contributed by atoms with Crippen LogP contribution >= 0.6 is 15.8 Å². The molecule has 0 radical (unpaired) electrons. The predicted molar refractivity (Wildman–Crippen MR) is 176 cm³/mol. The van der Waals surface area contributed by atoms with Crippen LogP contribution < -0.4 is 21.2 Å². The lowest BCUT2D eigenvalue weighted by Crippen LogP contribution is -2.23. The van der Waals surface area contributed by atoms with E-state index in [0.717, 1.165) is 10.8 Å². The van der Waals surface area contributed by atoms with Gasteiger partial charge in [0.05, 0.1) is 11.5 Å². The molecule has 4 aromatic rings. The first-order valence-corrected chi connectivity index (χ1v) is 19.2. The summed E-state index contributed by atoms with van der Waals surface area (Å²) in [6, 6.07) is 41.3. The lowest BCUT2D eigenvalue weighted by molar-refractivity contribution is 0.598. The van der Waals surface area contributed by atoms with Gasteiger partial charge in [-0.1, -0.05) is 134 Å². The molecule has 0 aliphatic heterocycles. The lowest BCUT2D eigenvalue weighted by Gasteiger charge is -2.20.